The Balaban J connectivity index is 2.91. The van der Waals surface area contributed by atoms with Crippen LogP contribution in [0.4, 0.5) is 0 Å². The van der Waals surface area contributed by atoms with Crippen LogP contribution in [-0.2, 0) is 17.7 Å². The minimum Gasteiger partial charge on any atom is -0.377 e. The highest BCUT2D eigenvalue weighted by atomic mass is 35.5. The van der Waals surface area contributed by atoms with Gasteiger partial charge in [0.15, 0.2) is 0 Å². The van der Waals surface area contributed by atoms with Crippen molar-refractivity contribution in [3.8, 4) is 0 Å². The summed E-state index contributed by atoms with van der Waals surface area (Å²) in [5, 5.41) is 8.60. The van der Waals surface area contributed by atoms with Gasteiger partial charge in [0.05, 0.1) is 22.5 Å². The van der Waals surface area contributed by atoms with E-state index >= 15 is 0 Å². The predicted octanol–water partition coefficient (Wildman–Crippen LogP) is 2.81. The van der Waals surface area contributed by atoms with E-state index in [1.54, 1.807) is 0 Å². The highest BCUT2D eigenvalue weighted by Gasteiger charge is 2.23. The number of nitrogens with one attached hydrogen (secondary N) is 1. The van der Waals surface area contributed by atoms with Crippen LogP contribution in [0.1, 0.15) is 38.6 Å². The molecule has 1 rings (SSSR count). The Morgan fingerprint density at radius 2 is 2.05 bits per heavy atom. The van der Waals surface area contributed by atoms with Crippen molar-refractivity contribution in [2.75, 3.05) is 13.7 Å². The lowest BCUT2D eigenvalue weighted by molar-refractivity contribution is 0.0334. The molecule has 0 amide bonds. The molecule has 0 aliphatic carbocycles. The zero-order chi connectivity index (χ0) is 14.4. The molecule has 0 fully saturated rings. The summed E-state index contributed by atoms with van der Waals surface area (Å²) in [6.07, 6.45) is 2.02. The number of likely N-dealkylation sites (N-methyl/N-ethyl adjacent to an activating group) is 1. The van der Waals surface area contributed by atoms with Gasteiger partial charge in [0, 0.05) is 25.6 Å². The maximum absolute atomic E-state index is 6.37. The molecule has 110 valence electrons. The molecule has 0 aliphatic rings. The monoisotopic (exact) mass is 287 g/mol. The second-order valence-corrected chi connectivity index (χ2v) is 5.04. The number of halogens is 1. The van der Waals surface area contributed by atoms with E-state index in [4.69, 9.17) is 16.3 Å². The quantitative estimate of drug-likeness (QED) is 0.799. The molecule has 0 saturated heterocycles. The van der Waals surface area contributed by atoms with Gasteiger partial charge in [0.2, 0.25) is 0 Å². The standard InChI is InChI=1S/C14H26ClN3O/c1-6-13(19-8-3)11(16-5)9-12-14(15)10(4)17-18(12)7-2/h11,13,16H,6-9H2,1-5H3. The molecule has 1 aromatic rings. The molecule has 2 unspecified atom stereocenters. The number of aromatic nitrogens is 2. The van der Waals surface area contributed by atoms with Crippen LogP contribution in [0, 0.1) is 6.92 Å². The first-order valence-electron chi connectivity index (χ1n) is 7.09. The van der Waals surface area contributed by atoms with Gasteiger partial charge in [-0.3, -0.25) is 4.68 Å². The zero-order valence-electron chi connectivity index (χ0n) is 12.7. The Labute approximate surface area is 121 Å². The number of hydrogen-bond donors (Lipinski definition) is 1. The van der Waals surface area contributed by atoms with Crippen molar-refractivity contribution in [3.63, 3.8) is 0 Å². The highest BCUT2D eigenvalue weighted by Crippen LogP contribution is 2.23. The van der Waals surface area contributed by atoms with Crippen LogP contribution in [0.15, 0.2) is 0 Å². The molecule has 0 saturated carbocycles. The maximum Gasteiger partial charge on any atom is 0.0847 e. The molecule has 19 heavy (non-hydrogen) atoms. The summed E-state index contributed by atoms with van der Waals surface area (Å²) in [5.41, 5.74) is 2.00. The molecule has 0 aromatic carbocycles. The number of ether oxygens (including phenoxy) is 1. The first kappa shape index (κ1) is 16.5. The molecule has 0 spiro atoms. The summed E-state index contributed by atoms with van der Waals surface area (Å²) in [6.45, 7) is 9.78. The van der Waals surface area contributed by atoms with Crippen LogP contribution in [0.3, 0.4) is 0 Å². The summed E-state index contributed by atoms with van der Waals surface area (Å²) >= 11 is 6.37. The van der Waals surface area contributed by atoms with Gasteiger partial charge >= 0.3 is 0 Å². The Morgan fingerprint density at radius 3 is 2.53 bits per heavy atom. The molecule has 5 heteroatoms. The van der Waals surface area contributed by atoms with E-state index in [1.807, 2.05) is 25.6 Å². The second kappa shape index (κ2) is 7.88. The van der Waals surface area contributed by atoms with Gasteiger partial charge < -0.3 is 10.1 Å². The number of hydrogen-bond acceptors (Lipinski definition) is 3. The largest absolute Gasteiger partial charge is 0.377 e. The third-order valence-electron chi connectivity index (χ3n) is 3.47. The fraction of sp³-hybridized carbons (Fsp3) is 0.786. The van der Waals surface area contributed by atoms with Crippen molar-refractivity contribution in [3.05, 3.63) is 16.4 Å². The van der Waals surface area contributed by atoms with E-state index in [0.717, 1.165) is 42.4 Å². The molecule has 0 bridgehead atoms. The number of nitrogens with zero attached hydrogens (tertiary/aromatic N) is 2. The van der Waals surface area contributed by atoms with Gasteiger partial charge in [-0.15, -0.1) is 0 Å². The van der Waals surface area contributed by atoms with E-state index in [2.05, 4.69) is 24.3 Å². The Hall–Kier alpha value is -0.580. The van der Waals surface area contributed by atoms with Crippen molar-refractivity contribution in [1.29, 1.82) is 0 Å². The van der Waals surface area contributed by atoms with Gasteiger partial charge in [0.1, 0.15) is 0 Å². The third-order valence-corrected chi connectivity index (χ3v) is 3.96. The van der Waals surface area contributed by atoms with Crippen LogP contribution in [0.2, 0.25) is 5.02 Å². The summed E-state index contributed by atoms with van der Waals surface area (Å²) in [6, 6.07) is 0.254. The summed E-state index contributed by atoms with van der Waals surface area (Å²) < 4.78 is 7.79. The molecule has 2 atom stereocenters. The summed E-state index contributed by atoms with van der Waals surface area (Å²) in [4.78, 5) is 0. The first-order valence-corrected chi connectivity index (χ1v) is 7.47. The van der Waals surface area contributed by atoms with Gasteiger partial charge in [-0.25, -0.2) is 0 Å². The summed E-state index contributed by atoms with van der Waals surface area (Å²) in [5.74, 6) is 0. The number of aryl methyl sites for hydroxylation is 2. The first-order chi connectivity index (χ1) is 9.08. The molecule has 4 nitrogen and oxygen atoms in total. The summed E-state index contributed by atoms with van der Waals surface area (Å²) in [7, 11) is 1.97. The van der Waals surface area contributed by atoms with Gasteiger partial charge in [-0.2, -0.15) is 5.10 Å². The average molecular weight is 288 g/mol. The lowest BCUT2D eigenvalue weighted by atomic mass is 10.0. The van der Waals surface area contributed by atoms with E-state index in [0.29, 0.717) is 0 Å². The van der Waals surface area contributed by atoms with Gasteiger partial charge in [0.25, 0.3) is 0 Å². The van der Waals surface area contributed by atoms with E-state index in [-0.39, 0.29) is 12.1 Å². The maximum atomic E-state index is 6.37. The molecule has 1 aromatic heterocycles. The fourth-order valence-electron chi connectivity index (χ4n) is 2.42. The Bertz CT molecular complexity index is 392. The van der Waals surface area contributed by atoms with Crippen molar-refractivity contribution in [2.45, 2.75) is 59.2 Å². The second-order valence-electron chi connectivity index (χ2n) is 4.66. The van der Waals surface area contributed by atoms with E-state index in [9.17, 15) is 0 Å². The van der Waals surface area contributed by atoms with Crippen molar-refractivity contribution in [1.82, 2.24) is 15.1 Å². The average Bonchev–Trinajstić information content (AvgIpc) is 2.69. The minimum absolute atomic E-state index is 0.201. The van der Waals surface area contributed by atoms with Crippen LogP contribution in [0.5, 0.6) is 0 Å². The van der Waals surface area contributed by atoms with Crippen LogP contribution < -0.4 is 5.32 Å². The highest BCUT2D eigenvalue weighted by molar-refractivity contribution is 6.31. The van der Waals surface area contributed by atoms with Gasteiger partial charge in [-0.05, 0) is 34.2 Å². The molecule has 0 radical (unpaired) electrons. The minimum atomic E-state index is 0.201. The van der Waals surface area contributed by atoms with Crippen molar-refractivity contribution in [2.24, 2.45) is 0 Å². The topological polar surface area (TPSA) is 39.1 Å². The van der Waals surface area contributed by atoms with Crippen molar-refractivity contribution < 1.29 is 4.74 Å². The molecular formula is C14H26ClN3O. The molecular weight excluding hydrogens is 262 g/mol. The van der Waals surface area contributed by atoms with E-state index in [1.165, 1.54) is 0 Å². The molecule has 0 aliphatic heterocycles. The predicted molar refractivity (Wildman–Crippen MR) is 79.9 cm³/mol. The van der Waals surface area contributed by atoms with Crippen molar-refractivity contribution >= 4 is 11.6 Å². The SMILES string of the molecule is CCOC(CC)C(Cc1c(Cl)c(C)nn1CC)NC. The molecule has 1 N–H and O–H groups in total. The normalized spacial score (nSPS) is 14.6. The van der Waals surface area contributed by atoms with Crippen LogP contribution in [-0.4, -0.2) is 35.6 Å². The van der Waals surface area contributed by atoms with Crippen LogP contribution in [0.25, 0.3) is 0 Å². The van der Waals surface area contributed by atoms with Gasteiger partial charge in [-0.1, -0.05) is 18.5 Å². The van der Waals surface area contributed by atoms with Crippen LogP contribution >= 0.6 is 11.6 Å². The van der Waals surface area contributed by atoms with E-state index < -0.39 is 0 Å². The lowest BCUT2D eigenvalue weighted by Crippen LogP contribution is -2.41. The Morgan fingerprint density at radius 1 is 1.37 bits per heavy atom. The Kier molecular flexibility index (Phi) is 6.83. The molecule has 1 heterocycles. The fourth-order valence-corrected chi connectivity index (χ4v) is 2.64. The smallest absolute Gasteiger partial charge is 0.0847 e. The lowest BCUT2D eigenvalue weighted by Gasteiger charge is -2.26. The number of rotatable bonds is 8. The zero-order valence-corrected chi connectivity index (χ0v) is 13.4. The third kappa shape index (κ3) is 3.94.